The second-order valence-electron chi connectivity index (χ2n) is 11.4. The fourth-order valence-corrected chi connectivity index (χ4v) is 7.01. The Morgan fingerprint density at radius 3 is 2.52 bits per heavy atom. The van der Waals surface area contributed by atoms with Gasteiger partial charge in [0.1, 0.15) is 6.61 Å². The molecule has 1 heterocycles. The molecule has 12 nitrogen and oxygen atoms in total. The van der Waals surface area contributed by atoms with Crippen molar-refractivity contribution in [3.63, 3.8) is 0 Å². The Hall–Kier alpha value is -4.41. The first-order chi connectivity index (χ1) is 22.6. The van der Waals surface area contributed by atoms with E-state index in [1.165, 1.54) is 55.5 Å². The Kier molecular flexibility index (Phi) is 11.5. The topological polar surface area (TPSA) is 166 Å². The number of para-hydroxylation sites is 2. The number of hydrogen-bond acceptors (Lipinski definition) is 9. The number of sulfonamides is 1. The number of allylic oxidation sites excluding steroid dienone is 3. The number of fused-ring (bicyclic) bond motifs is 1. The van der Waals surface area contributed by atoms with E-state index in [0.29, 0.717) is 37.2 Å². The molecule has 2 aromatic carbocycles. The smallest absolute Gasteiger partial charge is 0.422 e. The summed E-state index contributed by atoms with van der Waals surface area (Å²) in [6.07, 6.45) is 2.96. The molecule has 0 bridgehead atoms. The maximum Gasteiger partial charge on any atom is 0.422 e. The van der Waals surface area contributed by atoms with Crippen molar-refractivity contribution in [2.45, 2.75) is 37.9 Å². The van der Waals surface area contributed by atoms with E-state index in [1.54, 1.807) is 6.07 Å². The number of carbonyl (C=O) groups is 1. The van der Waals surface area contributed by atoms with Crippen LogP contribution in [0.15, 0.2) is 71.7 Å². The highest BCUT2D eigenvalue weighted by molar-refractivity contribution is 7.93. The zero-order chi connectivity index (χ0) is 35.1. The standard InChI is InChI=1S/C32H37F3N4O8S/c1-31(39(42)43)12-5-4-7-25(21-31)48(44,45)38(16-18-46-27-8-2-3-9-28(27)47-22-32(33,34)35)15-10-23-19-24-11-14-37(13-6-17-40)29(24)26(20-23)30(36)41/h2-5,7-9,12,19-21,40H,6,10-11,13-18,22H2,1H3,(H2,36,41). The van der Waals surface area contributed by atoms with Crippen molar-refractivity contribution in [1.82, 2.24) is 4.31 Å². The third-order valence-electron chi connectivity index (χ3n) is 7.83. The van der Waals surface area contributed by atoms with Crippen LogP contribution in [-0.2, 0) is 22.9 Å². The zero-order valence-electron chi connectivity index (χ0n) is 26.2. The number of alkyl halides is 3. The number of anilines is 1. The molecule has 0 aromatic heterocycles. The highest BCUT2D eigenvalue weighted by Gasteiger charge is 2.37. The second-order valence-corrected chi connectivity index (χ2v) is 13.4. The first kappa shape index (κ1) is 36.4. The fraction of sp³-hybridized carbons (Fsp3) is 0.406. The summed E-state index contributed by atoms with van der Waals surface area (Å²) in [6.45, 7) is 0.114. The Labute approximate surface area is 276 Å². The lowest BCUT2D eigenvalue weighted by Crippen LogP contribution is -2.38. The van der Waals surface area contributed by atoms with Crippen LogP contribution in [0.4, 0.5) is 18.9 Å². The average molecular weight is 695 g/mol. The molecule has 1 aliphatic carbocycles. The minimum absolute atomic E-state index is 0.0154. The van der Waals surface area contributed by atoms with Crippen molar-refractivity contribution < 1.29 is 45.9 Å². The van der Waals surface area contributed by atoms with Crippen LogP contribution in [-0.4, -0.2) is 86.4 Å². The monoisotopic (exact) mass is 694 g/mol. The number of benzene rings is 2. The van der Waals surface area contributed by atoms with E-state index in [-0.39, 0.29) is 54.7 Å². The van der Waals surface area contributed by atoms with E-state index in [2.05, 4.69) is 0 Å². The van der Waals surface area contributed by atoms with Gasteiger partial charge in [-0.2, -0.15) is 17.5 Å². The van der Waals surface area contributed by atoms with Crippen LogP contribution in [0.25, 0.3) is 0 Å². The van der Waals surface area contributed by atoms with Gasteiger partial charge in [0, 0.05) is 50.7 Å². The molecule has 0 radical (unpaired) electrons. The van der Waals surface area contributed by atoms with Gasteiger partial charge in [-0.05, 0) is 60.7 Å². The predicted molar refractivity (Wildman–Crippen MR) is 172 cm³/mol. The third-order valence-corrected chi connectivity index (χ3v) is 9.72. The number of primary amides is 1. The van der Waals surface area contributed by atoms with Crippen LogP contribution in [0.2, 0.25) is 0 Å². The molecule has 3 N–H and O–H groups in total. The normalized spacial score (nSPS) is 17.6. The number of nitrogens with zero attached hydrogens (tertiary/aromatic N) is 3. The molecule has 260 valence electrons. The van der Waals surface area contributed by atoms with Crippen molar-refractivity contribution in [3.05, 3.63) is 98.5 Å². The number of hydrogen-bond donors (Lipinski definition) is 2. The lowest BCUT2D eigenvalue weighted by atomic mass is 10.00. The van der Waals surface area contributed by atoms with Crippen LogP contribution >= 0.6 is 0 Å². The van der Waals surface area contributed by atoms with Gasteiger partial charge < -0.3 is 25.2 Å². The SMILES string of the molecule is CC1([N+](=O)[O-])C=CC=CC(S(=O)(=O)N(CCOc2ccccc2OCC(F)(F)F)CCc2cc3c(c(C(N)=O)c2)N(CCCO)CC3)=C1. The van der Waals surface area contributed by atoms with E-state index in [4.69, 9.17) is 15.2 Å². The quantitative estimate of drug-likeness (QED) is 0.197. The number of aliphatic hydroxyl groups excluding tert-OH is 1. The Balaban J connectivity index is 1.62. The molecule has 2 aliphatic rings. The van der Waals surface area contributed by atoms with Crippen LogP contribution < -0.4 is 20.1 Å². The van der Waals surface area contributed by atoms with Gasteiger partial charge in [0.05, 0.1) is 16.2 Å². The summed E-state index contributed by atoms with van der Waals surface area (Å²) in [5.74, 6) is -0.876. The third kappa shape index (κ3) is 8.93. The first-order valence-electron chi connectivity index (χ1n) is 15.1. The summed E-state index contributed by atoms with van der Waals surface area (Å²) >= 11 is 0. The Morgan fingerprint density at radius 1 is 1.17 bits per heavy atom. The molecule has 0 saturated carbocycles. The molecule has 4 rings (SSSR count). The molecule has 0 spiro atoms. The van der Waals surface area contributed by atoms with Crippen molar-refractivity contribution in [3.8, 4) is 11.5 Å². The number of halogens is 3. The van der Waals surface area contributed by atoms with E-state index in [0.717, 1.165) is 15.9 Å². The van der Waals surface area contributed by atoms with Crippen molar-refractivity contribution in [2.24, 2.45) is 5.73 Å². The second kappa shape index (κ2) is 15.2. The van der Waals surface area contributed by atoms with Gasteiger partial charge in [-0.25, -0.2) is 8.42 Å². The highest BCUT2D eigenvalue weighted by atomic mass is 32.2. The lowest BCUT2D eigenvalue weighted by molar-refractivity contribution is -0.535. The van der Waals surface area contributed by atoms with E-state index in [1.807, 2.05) is 11.0 Å². The average Bonchev–Trinajstić information content (AvgIpc) is 3.31. The van der Waals surface area contributed by atoms with E-state index >= 15 is 0 Å². The predicted octanol–water partition coefficient (Wildman–Crippen LogP) is 3.77. The molecule has 1 atom stereocenters. The number of nitro groups is 1. The number of carbonyl (C=O) groups excluding carboxylic acids is 1. The van der Waals surface area contributed by atoms with Crippen molar-refractivity contribution in [2.75, 3.05) is 50.9 Å². The Bertz CT molecular complexity index is 1710. The number of amides is 1. The van der Waals surface area contributed by atoms with Gasteiger partial charge in [-0.3, -0.25) is 14.9 Å². The maximum atomic E-state index is 14.0. The summed E-state index contributed by atoms with van der Waals surface area (Å²) in [4.78, 5) is 25.3. The minimum atomic E-state index is -4.59. The summed E-state index contributed by atoms with van der Waals surface area (Å²) in [5, 5.41) is 21.1. The van der Waals surface area contributed by atoms with Gasteiger partial charge >= 0.3 is 6.18 Å². The molecule has 1 amide bonds. The number of rotatable bonds is 16. The van der Waals surface area contributed by atoms with E-state index < -0.39 is 39.2 Å². The van der Waals surface area contributed by atoms with Gasteiger partial charge in [0.25, 0.3) is 11.4 Å². The van der Waals surface area contributed by atoms with Gasteiger partial charge in [-0.15, -0.1) is 0 Å². The molecule has 0 fully saturated rings. The Morgan fingerprint density at radius 2 is 1.88 bits per heavy atom. The molecule has 48 heavy (non-hydrogen) atoms. The summed E-state index contributed by atoms with van der Waals surface area (Å²) in [6, 6.07) is 9.13. The van der Waals surface area contributed by atoms with Crippen LogP contribution in [0, 0.1) is 10.1 Å². The summed E-state index contributed by atoms with van der Waals surface area (Å²) in [5.41, 5.74) is 6.35. The molecule has 16 heteroatoms. The largest absolute Gasteiger partial charge is 0.488 e. The molecule has 2 aromatic rings. The van der Waals surface area contributed by atoms with Crippen LogP contribution in [0.5, 0.6) is 11.5 Å². The van der Waals surface area contributed by atoms with Gasteiger partial charge in [0.15, 0.2) is 18.1 Å². The van der Waals surface area contributed by atoms with Crippen LogP contribution in [0.1, 0.15) is 34.8 Å². The summed E-state index contributed by atoms with van der Waals surface area (Å²) < 4.78 is 78.0. The molecule has 1 unspecified atom stereocenters. The first-order valence-corrected chi connectivity index (χ1v) is 16.5. The summed E-state index contributed by atoms with van der Waals surface area (Å²) in [7, 11) is -4.39. The number of nitrogens with two attached hydrogens (primary N) is 1. The van der Waals surface area contributed by atoms with Crippen molar-refractivity contribution >= 4 is 21.6 Å². The van der Waals surface area contributed by atoms with Crippen LogP contribution in [0.3, 0.4) is 0 Å². The maximum absolute atomic E-state index is 14.0. The van der Waals surface area contributed by atoms with Gasteiger partial charge in [-0.1, -0.05) is 30.4 Å². The molecule has 0 saturated heterocycles. The van der Waals surface area contributed by atoms with Gasteiger partial charge in [0.2, 0.25) is 10.0 Å². The molecule has 1 aliphatic heterocycles. The molecular weight excluding hydrogens is 657 g/mol. The lowest BCUT2D eigenvalue weighted by Gasteiger charge is -2.25. The highest BCUT2D eigenvalue weighted by Crippen LogP contribution is 2.34. The minimum Gasteiger partial charge on any atom is -0.488 e. The molecular formula is C32H37F3N4O8S. The number of aliphatic hydroxyl groups is 1. The van der Waals surface area contributed by atoms with Crippen molar-refractivity contribution in [1.29, 1.82) is 0 Å². The van der Waals surface area contributed by atoms with E-state index in [9.17, 15) is 41.6 Å². The fourth-order valence-electron chi connectivity index (χ4n) is 5.43. The zero-order valence-corrected chi connectivity index (χ0v) is 27.0. The number of ether oxygens (including phenoxy) is 2.